The van der Waals surface area contributed by atoms with Gasteiger partial charge in [0.1, 0.15) is 5.82 Å². The standard InChI is InChI=1S/C14H24N4O/c1-14(2,10-18(4)5)9-17-13(19)11-6-7-16-12(8-11)15-3/h6-8H,9-10H2,1-5H3,(H,15,16)(H,17,19). The third kappa shape index (κ3) is 5.26. The summed E-state index contributed by atoms with van der Waals surface area (Å²) >= 11 is 0. The van der Waals surface area contributed by atoms with Gasteiger partial charge >= 0.3 is 0 Å². The number of pyridine rings is 1. The lowest BCUT2D eigenvalue weighted by molar-refractivity contribution is 0.0929. The van der Waals surface area contributed by atoms with Crippen LogP contribution < -0.4 is 10.6 Å². The molecule has 0 saturated heterocycles. The molecule has 0 aliphatic carbocycles. The van der Waals surface area contributed by atoms with E-state index in [2.05, 4.69) is 34.4 Å². The fourth-order valence-corrected chi connectivity index (χ4v) is 2.04. The molecule has 0 fully saturated rings. The van der Waals surface area contributed by atoms with Gasteiger partial charge in [-0.1, -0.05) is 13.8 Å². The van der Waals surface area contributed by atoms with Gasteiger partial charge in [-0.15, -0.1) is 0 Å². The maximum atomic E-state index is 12.1. The molecule has 19 heavy (non-hydrogen) atoms. The minimum atomic E-state index is -0.0641. The Morgan fingerprint density at radius 2 is 2.11 bits per heavy atom. The van der Waals surface area contributed by atoms with Gasteiger partial charge < -0.3 is 15.5 Å². The molecule has 0 spiro atoms. The molecule has 0 aromatic carbocycles. The first-order valence-electron chi connectivity index (χ1n) is 6.41. The van der Waals surface area contributed by atoms with E-state index in [1.807, 2.05) is 14.1 Å². The van der Waals surface area contributed by atoms with E-state index in [1.165, 1.54) is 0 Å². The third-order valence-electron chi connectivity index (χ3n) is 2.75. The van der Waals surface area contributed by atoms with Crippen molar-refractivity contribution < 1.29 is 4.79 Å². The summed E-state index contributed by atoms with van der Waals surface area (Å²) in [5.74, 6) is 0.630. The summed E-state index contributed by atoms with van der Waals surface area (Å²) in [4.78, 5) is 18.3. The van der Waals surface area contributed by atoms with Crippen molar-refractivity contribution in [1.82, 2.24) is 15.2 Å². The van der Waals surface area contributed by atoms with Crippen LogP contribution in [0.3, 0.4) is 0 Å². The van der Waals surface area contributed by atoms with E-state index < -0.39 is 0 Å². The quantitative estimate of drug-likeness (QED) is 0.816. The van der Waals surface area contributed by atoms with Gasteiger partial charge in [-0.25, -0.2) is 4.98 Å². The maximum absolute atomic E-state index is 12.1. The van der Waals surface area contributed by atoms with Crippen LogP contribution in [0.5, 0.6) is 0 Å². The number of hydrogen-bond acceptors (Lipinski definition) is 4. The zero-order chi connectivity index (χ0) is 14.5. The predicted octanol–water partition coefficient (Wildman–Crippen LogP) is 1.44. The number of amides is 1. The number of anilines is 1. The highest BCUT2D eigenvalue weighted by atomic mass is 16.1. The Balaban J connectivity index is 2.60. The van der Waals surface area contributed by atoms with Crippen LogP contribution in [0.25, 0.3) is 0 Å². The summed E-state index contributed by atoms with van der Waals surface area (Å²) < 4.78 is 0. The van der Waals surface area contributed by atoms with Gasteiger partial charge in [0, 0.05) is 31.9 Å². The maximum Gasteiger partial charge on any atom is 0.251 e. The van der Waals surface area contributed by atoms with E-state index in [0.717, 1.165) is 6.54 Å². The molecule has 0 unspecified atom stereocenters. The van der Waals surface area contributed by atoms with Gasteiger partial charge in [-0.2, -0.15) is 0 Å². The lowest BCUT2D eigenvalue weighted by Gasteiger charge is -2.28. The van der Waals surface area contributed by atoms with Crippen LogP contribution >= 0.6 is 0 Å². The third-order valence-corrected chi connectivity index (χ3v) is 2.75. The molecule has 5 heteroatoms. The predicted molar refractivity (Wildman–Crippen MR) is 78.5 cm³/mol. The Morgan fingerprint density at radius 1 is 1.42 bits per heavy atom. The normalized spacial score (nSPS) is 11.5. The zero-order valence-corrected chi connectivity index (χ0v) is 12.4. The summed E-state index contributed by atoms with van der Waals surface area (Å²) in [6.45, 7) is 5.84. The molecule has 2 N–H and O–H groups in total. The molecule has 1 heterocycles. The van der Waals surface area contributed by atoms with Gasteiger partial charge in [-0.05, 0) is 31.6 Å². The molecule has 0 saturated carbocycles. The number of carbonyl (C=O) groups is 1. The SMILES string of the molecule is CNc1cc(C(=O)NCC(C)(C)CN(C)C)ccn1. The van der Waals surface area contributed by atoms with Crippen molar-refractivity contribution in [1.29, 1.82) is 0 Å². The Morgan fingerprint density at radius 3 is 2.68 bits per heavy atom. The monoisotopic (exact) mass is 264 g/mol. The van der Waals surface area contributed by atoms with E-state index in [4.69, 9.17) is 0 Å². The molecule has 0 radical (unpaired) electrons. The summed E-state index contributed by atoms with van der Waals surface area (Å²) in [6.07, 6.45) is 1.63. The summed E-state index contributed by atoms with van der Waals surface area (Å²) in [7, 11) is 5.85. The molecule has 5 nitrogen and oxygen atoms in total. The Hall–Kier alpha value is -1.62. The summed E-state index contributed by atoms with van der Waals surface area (Å²) in [5.41, 5.74) is 0.665. The first-order chi connectivity index (χ1) is 8.84. The number of nitrogens with one attached hydrogen (secondary N) is 2. The van der Waals surface area contributed by atoms with Crippen LogP contribution in [-0.2, 0) is 0 Å². The molecular formula is C14H24N4O. The average molecular weight is 264 g/mol. The number of aromatic nitrogens is 1. The Kier molecular flexibility index (Phi) is 5.30. The Labute approximate surface area is 115 Å². The number of hydrogen-bond donors (Lipinski definition) is 2. The fraction of sp³-hybridized carbons (Fsp3) is 0.571. The zero-order valence-electron chi connectivity index (χ0n) is 12.4. The molecule has 0 bridgehead atoms. The Bertz CT molecular complexity index is 429. The molecule has 1 aromatic heterocycles. The lowest BCUT2D eigenvalue weighted by Crippen LogP contribution is -2.40. The minimum absolute atomic E-state index is 0.0397. The van der Waals surface area contributed by atoms with E-state index in [1.54, 1.807) is 25.4 Å². The molecule has 1 aromatic rings. The molecule has 1 amide bonds. The van der Waals surface area contributed by atoms with Gasteiger partial charge in [0.2, 0.25) is 0 Å². The average Bonchev–Trinajstić information content (AvgIpc) is 2.34. The van der Waals surface area contributed by atoms with Crippen molar-refractivity contribution >= 4 is 11.7 Å². The van der Waals surface area contributed by atoms with Gasteiger partial charge in [0.15, 0.2) is 0 Å². The van der Waals surface area contributed by atoms with Gasteiger partial charge in [-0.3, -0.25) is 4.79 Å². The van der Waals surface area contributed by atoms with Crippen molar-refractivity contribution in [2.24, 2.45) is 5.41 Å². The van der Waals surface area contributed by atoms with Crippen molar-refractivity contribution in [3.63, 3.8) is 0 Å². The van der Waals surface area contributed by atoms with Crippen LogP contribution in [0.2, 0.25) is 0 Å². The highest BCUT2D eigenvalue weighted by molar-refractivity contribution is 5.94. The molecular weight excluding hydrogens is 240 g/mol. The first-order valence-corrected chi connectivity index (χ1v) is 6.41. The second-order valence-corrected chi connectivity index (χ2v) is 5.76. The van der Waals surface area contributed by atoms with Crippen molar-refractivity contribution in [3.05, 3.63) is 23.9 Å². The van der Waals surface area contributed by atoms with Crippen LogP contribution in [0.15, 0.2) is 18.3 Å². The smallest absolute Gasteiger partial charge is 0.251 e. The largest absolute Gasteiger partial charge is 0.373 e. The van der Waals surface area contributed by atoms with Gasteiger partial charge in [0.05, 0.1) is 0 Å². The molecule has 1 rings (SSSR count). The highest BCUT2D eigenvalue weighted by Gasteiger charge is 2.20. The van der Waals surface area contributed by atoms with Crippen molar-refractivity contribution in [3.8, 4) is 0 Å². The summed E-state index contributed by atoms with van der Waals surface area (Å²) in [6, 6.07) is 3.46. The van der Waals surface area contributed by atoms with E-state index in [0.29, 0.717) is 17.9 Å². The highest BCUT2D eigenvalue weighted by Crippen LogP contribution is 2.14. The fourth-order valence-electron chi connectivity index (χ4n) is 2.04. The second kappa shape index (κ2) is 6.52. The summed E-state index contributed by atoms with van der Waals surface area (Å²) in [5, 5.41) is 5.90. The van der Waals surface area contributed by atoms with Crippen LogP contribution in [-0.4, -0.2) is 50.0 Å². The van der Waals surface area contributed by atoms with Crippen LogP contribution in [0.4, 0.5) is 5.82 Å². The lowest BCUT2D eigenvalue weighted by atomic mass is 9.93. The van der Waals surface area contributed by atoms with E-state index in [-0.39, 0.29) is 11.3 Å². The van der Waals surface area contributed by atoms with E-state index in [9.17, 15) is 4.79 Å². The van der Waals surface area contributed by atoms with Crippen LogP contribution in [0.1, 0.15) is 24.2 Å². The topological polar surface area (TPSA) is 57.3 Å². The second-order valence-electron chi connectivity index (χ2n) is 5.76. The van der Waals surface area contributed by atoms with Crippen molar-refractivity contribution in [2.75, 3.05) is 39.5 Å². The van der Waals surface area contributed by atoms with E-state index >= 15 is 0 Å². The van der Waals surface area contributed by atoms with Gasteiger partial charge in [0.25, 0.3) is 5.91 Å². The molecule has 0 aliphatic heterocycles. The molecule has 0 atom stereocenters. The minimum Gasteiger partial charge on any atom is -0.373 e. The van der Waals surface area contributed by atoms with Crippen LogP contribution in [0, 0.1) is 5.41 Å². The molecule has 106 valence electrons. The number of rotatable bonds is 6. The molecule has 0 aliphatic rings. The number of carbonyl (C=O) groups excluding carboxylic acids is 1. The first kappa shape index (κ1) is 15.4. The number of nitrogens with zero attached hydrogens (tertiary/aromatic N) is 2. The van der Waals surface area contributed by atoms with Crippen molar-refractivity contribution in [2.45, 2.75) is 13.8 Å².